The van der Waals surface area contributed by atoms with Crippen LogP contribution in [0.2, 0.25) is 0 Å². The van der Waals surface area contributed by atoms with E-state index in [1.807, 2.05) is 23.2 Å². The number of carbonyl (C=O) groups is 1. The van der Waals surface area contributed by atoms with Crippen LogP contribution >= 0.6 is 0 Å². The molecule has 2 heterocycles. The first kappa shape index (κ1) is 16.6. The Kier molecular flexibility index (Phi) is 5.56. The van der Waals surface area contributed by atoms with E-state index in [2.05, 4.69) is 41.5 Å². The predicted octanol–water partition coefficient (Wildman–Crippen LogP) is 2.26. The number of pyridine rings is 1. The molecule has 1 atom stereocenters. The number of hydrogen-bond acceptors (Lipinski definition) is 4. The van der Waals surface area contributed by atoms with E-state index in [0.717, 1.165) is 16.7 Å². The van der Waals surface area contributed by atoms with Crippen LogP contribution in [-0.4, -0.2) is 48.6 Å². The number of hydrogen-bond donors (Lipinski definition) is 1. The number of amides is 1. The van der Waals surface area contributed by atoms with E-state index in [1.54, 1.807) is 6.20 Å². The van der Waals surface area contributed by atoms with Crippen molar-refractivity contribution < 1.29 is 9.53 Å². The van der Waals surface area contributed by atoms with Crippen LogP contribution in [0.4, 0.5) is 0 Å². The Hall–Kier alpha value is -2.24. The second-order valence-corrected chi connectivity index (χ2v) is 5.96. The summed E-state index contributed by atoms with van der Waals surface area (Å²) in [5.41, 5.74) is 3.41. The van der Waals surface area contributed by atoms with Crippen LogP contribution in [-0.2, 0) is 9.53 Å². The first-order chi connectivity index (χ1) is 11.7. The maximum atomic E-state index is 12.2. The molecule has 24 heavy (non-hydrogen) atoms. The number of ether oxygens (including phenoxy) is 1. The fraction of sp³-hybridized carbons (Fsp3) is 0.368. The van der Waals surface area contributed by atoms with Crippen LogP contribution in [0.5, 0.6) is 0 Å². The van der Waals surface area contributed by atoms with E-state index in [0.29, 0.717) is 32.8 Å². The molecule has 1 aliphatic rings. The van der Waals surface area contributed by atoms with Crippen molar-refractivity contribution in [2.24, 2.45) is 0 Å². The van der Waals surface area contributed by atoms with Gasteiger partial charge in [-0.3, -0.25) is 9.78 Å². The minimum atomic E-state index is 0.123. The Morgan fingerprint density at radius 1 is 1.21 bits per heavy atom. The van der Waals surface area contributed by atoms with Gasteiger partial charge in [0.15, 0.2) is 0 Å². The third-order valence-corrected chi connectivity index (χ3v) is 4.33. The molecule has 3 rings (SSSR count). The van der Waals surface area contributed by atoms with E-state index in [9.17, 15) is 4.79 Å². The Morgan fingerprint density at radius 2 is 1.96 bits per heavy atom. The Bertz CT molecular complexity index is 652. The van der Waals surface area contributed by atoms with E-state index in [-0.39, 0.29) is 11.9 Å². The largest absolute Gasteiger partial charge is 0.378 e. The molecule has 1 aromatic carbocycles. The first-order valence-electron chi connectivity index (χ1n) is 8.33. The van der Waals surface area contributed by atoms with Crippen LogP contribution in [0.1, 0.15) is 18.5 Å². The molecular weight excluding hydrogens is 302 g/mol. The van der Waals surface area contributed by atoms with Crippen LogP contribution in [0.25, 0.3) is 11.1 Å². The lowest BCUT2D eigenvalue weighted by atomic mass is 10.0. The summed E-state index contributed by atoms with van der Waals surface area (Å²) in [7, 11) is 0. The van der Waals surface area contributed by atoms with Gasteiger partial charge in [0, 0.05) is 31.5 Å². The molecule has 1 saturated heterocycles. The zero-order chi connectivity index (χ0) is 16.8. The molecule has 0 bridgehead atoms. The SMILES string of the molecule is C[C@H](NCC(=O)N1CCOCC1)c1ccc(-c2cccnc2)cc1. The van der Waals surface area contributed by atoms with Crippen molar-refractivity contribution in [1.29, 1.82) is 0 Å². The summed E-state index contributed by atoms with van der Waals surface area (Å²) in [5.74, 6) is 0.136. The number of aromatic nitrogens is 1. The summed E-state index contributed by atoms with van der Waals surface area (Å²) >= 11 is 0. The Balaban J connectivity index is 1.55. The van der Waals surface area contributed by atoms with Gasteiger partial charge < -0.3 is 15.0 Å². The zero-order valence-corrected chi connectivity index (χ0v) is 13.9. The van der Waals surface area contributed by atoms with Crippen molar-refractivity contribution in [2.45, 2.75) is 13.0 Å². The summed E-state index contributed by atoms with van der Waals surface area (Å²) in [6, 6.07) is 12.5. The highest BCUT2D eigenvalue weighted by atomic mass is 16.5. The lowest BCUT2D eigenvalue weighted by Crippen LogP contribution is -2.45. The van der Waals surface area contributed by atoms with Crippen molar-refractivity contribution in [1.82, 2.24) is 15.2 Å². The van der Waals surface area contributed by atoms with Gasteiger partial charge in [-0.2, -0.15) is 0 Å². The van der Waals surface area contributed by atoms with Crippen molar-refractivity contribution in [3.8, 4) is 11.1 Å². The fourth-order valence-electron chi connectivity index (χ4n) is 2.78. The topological polar surface area (TPSA) is 54.5 Å². The first-order valence-corrected chi connectivity index (χ1v) is 8.33. The average molecular weight is 325 g/mol. The van der Waals surface area contributed by atoms with Crippen LogP contribution < -0.4 is 5.32 Å². The molecular formula is C19H23N3O2. The van der Waals surface area contributed by atoms with Gasteiger partial charge in [-0.25, -0.2) is 0 Å². The van der Waals surface area contributed by atoms with Crippen LogP contribution in [0, 0.1) is 0 Å². The van der Waals surface area contributed by atoms with E-state index >= 15 is 0 Å². The summed E-state index contributed by atoms with van der Waals surface area (Å²) < 4.78 is 5.27. The highest BCUT2D eigenvalue weighted by Gasteiger charge is 2.17. The monoisotopic (exact) mass is 325 g/mol. The third-order valence-electron chi connectivity index (χ3n) is 4.33. The summed E-state index contributed by atoms with van der Waals surface area (Å²) in [4.78, 5) is 18.2. The molecule has 0 radical (unpaired) electrons. The predicted molar refractivity (Wildman–Crippen MR) is 93.5 cm³/mol. The van der Waals surface area contributed by atoms with Gasteiger partial charge in [0.1, 0.15) is 0 Å². The molecule has 0 unspecified atom stereocenters. The van der Waals surface area contributed by atoms with Gasteiger partial charge in [-0.05, 0) is 29.7 Å². The summed E-state index contributed by atoms with van der Waals surface area (Å²) in [6.07, 6.45) is 3.63. The molecule has 1 fully saturated rings. The normalized spacial score (nSPS) is 16.0. The summed E-state index contributed by atoms with van der Waals surface area (Å²) in [6.45, 7) is 5.08. The maximum absolute atomic E-state index is 12.2. The van der Waals surface area contributed by atoms with Crippen molar-refractivity contribution >= 4 is 5.91 Å². The highest BCUT2D eigenvalue weighted by molar-refractivity contribution is 5.78. The molecule has 1 aliphatic heterocycles. The Labute approximate surface area is 142 Å². The second-order valence-electron chi connectivity index (χ2n) is 5.96. The molecule has 5 heteroatoms. The number of carbonyl (C=O) groups excluding carboxylic acids is 1. The second kappa shape index (κ2) is 8.04. The zero-order valence-electron chi connectivity index (χ0n) is 13.9. The van der Waals surface area contributed by atoms with Gasteiger partial charge >= 0.3 is 0 Å². The summed E-state index contributed by atoms with van der Waals surface area (Å²) in [5, 5.41) is 3.31. The van der Waals surface area contributed by atoms with Gasteiger partial charge in [0.2, 0.25) is 5.91 Å². The molecule has 1 amide bonds. The number of nitrogens with one attached hydrogen (secondary N) is 1. The van der Waals surface area contributed by atoms with Crippen molar-refractivity contribution in [2.75, 3.05) is 32.8 Å². The maximum Gasteiger partial charge on any atom is 0.236 e. The van der Waals surface area contributed by atoms with E-state index in [1.165, 1.54) is 0 Å². The quantitative estimate of drug-likeness (QED) is 0.916. The number of benzene rings is 1. The van der Waals surface area contributed by atoms with E-state index < -0.39 is 0 Å². The molecule has 0 aliphatic carbocycles. The molecule has 1 N–H and O–H groups in total. The third kappa shape index (κ3) is 4.19. The van der Waals surface area contributed by atoms with Gasteiger partial charge in [-0.1, -0.05) is 30.3 Å². The fourth-order valence-corrected chi connectivity index (χ4v) is 2.78. The smallest absolute Gasteiger partial charge is 0.236 e. The number of morpholine rings is 1. The molecule has 0 saturated carbocycles. The molecule has 1 aromatic heterocycles. The van der Waals surface area contributed by atoms with Crippen LogP contribution in [0.15, 0.2) is 48.8 Å². The minimum Gasteiger partial charge on any atom is -0.378 e. The van der Waals surface area contributed by atoms with E-state index in [4.69, 9.17) is 4.74 Å². The van der Waals surface area contributed by atoms with Crippen LogP contribution in [0.3, 0.4) is 0 Å². The molecule has 5 nitrogen and oxygen atoms in total. The van der Waals surface area contributed by atoms with Gasteiger partial charge in [0.05, 0.1) is 19.8 Å². The van der Waals surface area contributed by atoms with Crippen molar-refractivity contribution in [3.63, 3.8) is 0 Å². The van der Waals surface area contributed by atoms with Gasteiger partial charge in [0.25, 0.3) is 0 Å². The average Bonchev–Trinajstić information content (AvgIpc) is 2.67. The Morgan fingerprint density at radius 3 is 2.62 bits per heavy atom. The number of rotatable bonds is 5. The standard InChI is InChI=1S/C19H23N3O2/c1-15(21-14-19(23)22-9-11-24-12-10-22)16-4-6-17(7-5-16)18-3-2-8-20-13-18/h2-8,13,15,21H,9-12,14H2,1H3/t15-/m0/s1. The lowest BCUT2D eigenvalue weighted by Gasteiger charge is -2.27. The van der Waals surface area contributed by atoms with Crippen molar-refractivity contribution in [3.05, 3.63) is 54.4 Å². The highest BCUT2D eigenvalue weighted by Crippen LogP contribution is 2.21. The molecule has 126 valence electrons. The molecule has 2 aromatic rings. The minimum absolute atomic E-state index is 0.123. The number of nitrogens with zero attached hydrogens (tertiary/aromatic N) is 2. The lowest BCUT2D eigenvalue weighted by molar-refractivity contribution is -0.134. The van der Waals surface area contributed by atoms with Gasteiger partial charge in [-0.15, -0.1) is 0 Å². The molecule has 0 spiro atoms.